The van der Waals surface area contributed by atoms with Gasteiger partial charge in [-0.05, 0) is 37.5 Å². The molecule has 1 unspecified atom stereocenters. The number of H-pyrrole nitrogens is 1. The Kier molecular flexibility index (Phi) is 4.40. The lowest BCUT2D eigenvalue weighted by Gasteiger charge is -2.27. The largest absolute Gasteiger partial charge is 0.293 e. The second-order valence-corrected chi connectivity index (χ2v) is 9.26. The zero-order valence-electron chi connectivity index (χ0n) is 15.3. The summed E-state index contributed by atoms with van der Waals surface area (Å²) in [5, 5.41) is 2.93. The summed E-state index contributed by atoms with van der Waals surface area (Å²) in [6.45, 7) is 8.84. The van der Waals surface area contributed by atoms with E-state index in [4.69, 9.17) is 11.4 Å². The van der Waals surface area contributed by atoms with Gasteiger partial charge in [-0.2, -0.15) is 0 Å². The molecule has 3 aromatic rings. The number of aryl methyl sites for hydroxylation is 1. The molecule has 0 radical (unpaired) electrons. The normalized spacial score (nSPS) is 16.1. The Labute approximate surface area is 162 Å². The van der Waals surface area contributed by atoms with Crippen LogP contribution in [-0.4, -0.2) is 24.2 Å². The van der Waals surface area contributed by atoms with Gasteiger partial charge in [0.1, 0.15) is 0 Å². The van der Waals surface area contributed by atoms with Crippen LogP contribution in [0, 0.1) is 18.3 Å². The van der Waals surface area contributed by atoms with E-state index in [0.29, 0.717) is 27.7 Å². The van der Waals surface area contributed by atoms with Crippen LogP contribution >= 0.6 is 0 Å². The molecule has 8 heteroatoms. The average molecular weight is 393 g/mol. The van der Waals surface area contributed by atoms with Crippen molar-refractivity contribution in [3.63, 3.8) is 0 Å². The molecule has 7 nitrogen and oxygen atoms in total. The Bertz CT molecular complexity index is 1230. The van der Waals surface area contributed by atoms with E-state index in [0.717, 1.165) is 24.8 Å². The molecule has 4 rings (SSSR count). The van der Waals surface area contributed by atoms with Gasteiger partial charge in [-0.25, -0.2) is 23.5 Å². The molecule has 1 aliphatic rings. The highest BCUT2D eigenvalue weighted by Crippen LogP contribution is 2.31. The van der Waals surface area contributed by atoms with Crippen molar-refractivity contribution in [1.29, 1.82) is 4.78 Å². The molecule has 1 aromatic carbocycles. The first kappa shape index (κ1) is 18.2. The van der Waals surface area contributed by atoms with Crippen LogP contribution in [0.4, 0.5) is 5.69 Å². The number of nitrogens with zero attached hydrogens (tertiary/aromatic N) is 3. The number of rotatable bonds is 4. The first-order valence-corrected chi connectivity index (χ1v) is 10.6. The SMILES string of the molecule is [C-]#[N+]c1ccc(-c2c(C)[nH]n(-c3ccc(S(=N)(=O)C4CCC4)cn3)c2=O)cc1. The van der Waals surface area contributed by atoms with Crippen LogP contribution in [0.5, 0.6) is 0 Å². The number of benzene rings is 1. The van der Waals surface area contributed by atoms with Crippen molar-refractivity contribution in [2.45, 2.75) is 36.3 Å². The molecule has 0 spiro atoms. The lowest BCUT2D eigenvalue weighted by atomic mass is 10.00. The number of aromatic nitrogens is 3. The third-order valence-electron chi connectivity index (χ3n) is 5.18. The third kappa shape index (κ3) is 2.94. The van der Waals surface area contributed by atoms with Gasteiger partial charge in [0.2, 0.25) is 0 Å². The van der Waals surface area contributed by atoms with E-state index < -0.39 is 9.73 Å². The fourth-order valence-electron chi connectivity index (χ4n) is 3.33. The Hall–Kier alpha value is -3.18. The standard InChI is InChI=1S/C20H19N5O2S/c1-13-19(14-6-8-15(22-2)9-7-14)20(26)25(24-13)18-11-10-17(12-23-18)28(21,27)16-4-3-5-16/h6-12,16,21,24H,3-5H2,1H3. The molecular weight excluding hydrogens is 374 g/mol. The quantitative estimate of drug-likeness (QED) is 0.655. The zero-order valence-corrected chi connectivity index (χ0v) is 16.1. The van der Waals surface area contributed by atoms with Crippen molar-refractivity contribution in [1.82, 2.24) is 14.8 Å². The van der Waals surface area contributed by atoms with E-state index in [1.54, 1.807) is 43.3 Å². The molecule has 142 valence electrons. The van der Waals surface area contributed by atoms with Crippen LogP contribution in [0.1, 0.15) is 25.0 Å². The molecule has 0 aliphatic heterocycles. The summed E-state index contributed by atoms with van der Waals surface area (Å²) < 4.78 is 22.3. The van der Waals surface area contributed by atoms with Crippen molar-refractivity contribution in [2.24, 2.45) is 0 Å². The molecule has 2 N–H and O–H groups in total. The maximum absolute atomic E-state index is 12.9. The summed E-state index contributed by atoms with van der Waals surface area (Å²) in [5.74, 6) is 0.379. The van der Waals surface area contributed by atoms with Crippen LogP contribution in [0.25, 0.3) is 21.8 Å². The van der Waals surface area contributed by atoms with E-state index in [9.17, 15) is 9.00 Å². The maximum Gasteiger partial charge on any atom is 0.280 e. The Morgan fingerprint density at radius 3 is 2.50 bits per heavy atom. The number of pyridine rings is 1. The van der Waals surface area contributed by atoms with Crippen LogP contribution < -0.4 is 5.56 Å². The molecule has 1 fully saturated rings. The second kappa shape index (κ2) is 6.77. The van der Waals surface area contributed by atoms with Gasteiger partial charge in [0.05, 0.1) is 26.8 Å². The molecule has 1 aliphatic carbocycles. The number of aromatic amines is 1. The van der Waals surface area contributed by atoms with E-state index in [1.807, 2.05) is 0 Å². The highest BCUT2D eigenvalue weighted by Gasteiger charge is 2.29. The van der Waals surface area contributed by atoms with Gasteiger partial charge >= 0.3 is 0 Å². The molecule has 0 saturated heterocycles. The number of nitrogens with one attached hydrogen (secondary N) is 2. The average Bonchev–Trinajstić information content (AvgIpc) is 2.94. The summed E-state index contributed by atoms with van der Waals surface area (Å²) >= 11 is 0. The van der Waals surface area contributed by atoms with Gasteiger partial charge in [0.25, 0.3) is 5.56 Å². The van der Waals surface area contributed by atoms with Crippen molar-refractivity contribution >= 4 is 15.4 Å². The minimum atomic E-state index is -2.85. The number of hydrogen-bond donors (Lipinski definition) is 2. The predicted octanol–water partition coefficient (Wildman–Crippen LogP) is 4.04. The van der Waals surface area contributed by atoms with Gasteiger partial charge < -0.3 is 0 Å². The topological polar surface area (TPSA) is 96.0 Å². The van der Waals surface area contributed by atoms with E-state index >= 15 is 0 Å². The van der Waals surface area contributed by atoms with Gasteiger partial charge in [-0.1, -0.05) is 30.7 Å². The summed E-state index contributed by atoms with van der Waals surface area (Å²) in [6.07, 6.45) is 4.09. The van der Waals surface area contributed by atoms with E-state index in [2.05, 4.69) is 14.9 Å². The second-order valence-electron chi connectivity index (χ2n) is 6.92. The van der Waals surface area contributed by atoms with Crippen molar-refractivity contribution in [3.8, 4) is 16.9 Å². The molecule has 1 atom stereocenters. The van der Waals surface area contributed by atoms with Crippen molar-refractivity contribution in [2.75, 3.05) is 0 Å². The smallest absolute Gasteiger partial charge is 0.280 e. The highest BCUT2D eigenvalue weighted by atomic mass is 32.2. The number of hydrogen-bond acceptors (Lipinski definition) is 4. The Morgan fingerprint density at radius 2 is 1.96 bits per heavy atom. The monoisotopic (exact) mass is 393 g/mol. The summed E-state index contributed by atoms with van der Waals surface area (Å²) in [7, 11) is -2.85. The molecule has 0 bridgehead atoms. The molecular formula is C20H19N5O2S. The van der Waals surface area contributed by atoms with Crippen molar-refractivity contribution in [3.05, 3.63) is 70.1 Å². The van der Waals surface area contributed by atoms with Gasteiger partial charge in [0.15, 0.2) is 11.5 Å². The van der Waals surface area contributed by atoms with Crippen LogP contribution in [0.3, 0.4) is 0 Å². The fourth-order valence-corrected chi connectivity index (χ4v) is 5.19. The molecule has 2 aromatic heterocycles. The lowest BCUT2D eigenvalue weighted by Crippen LogP contribution is -2.27. The Balaban J connectivity index is 1.70. The van der Waals surface area contributed by atoms with Crippen LogP contribution in [-0.2, 0) is 9.73 Å². The first-order valence-electron chi connectivity index (χ1n) is 8.95. The maximum atomic E-state index is 12.9. The van der Waals surface area contributed by atoms with Gasteiger partial charge in [-0.3, -0.25) is 9.89 Å². The van der Waals surface area contributed by atoms with Gasteiger partial charge in [-0.15, -0.1) is 0 Å². The van der Waals surface area contributed by atoms with E-state index in [-0.39, 0.29) is 10.8 Å². The third-order valence-corrected chi connectivity index (χ3v) is 7.53. The van der Waals surface area contributed by atoms with Crippen molar-refractivity contribution < 1.29 is 4.21 Å². The predicted molar refractivity (Wildman–Crippen MR) is 107 cm³/mol. The van der Waals surface area contributed by atoms with Crippen LogP contribution in [0.2, 0.25) is 0 Å². The summed E-state index contributed by atoms with van der Waals surface area (Å²) in [4.78, 5) is 21.0. The van der Waals surface area contributed by atoms with Crippen LogP contribution in [0.15, 0.2) is 52.3 Å². The highest BCUT2D eigenvalue weighted by molar-refractivity contribution is 7.93. The molecule has 0 amide bonds. The first-order chi connectivity index (χ1) is 13.4. The summed E-state index contributed by atoms with van der Waals surface area (Å²) in [6, 6.07) is 10.1. The minimum absolute atomic E-state index is 0.0966. The minimum Gasteiger partial charge on any atom is -0.293 e. The van der Waals surface area contributed by atoms with Gasteiger partial charge in [0, 0.05) is 17.1 Å². The Morgan fingerprint density at radius 1 is 1.25 bits per heavy atom. The molecule has 1 saturated carbocycles. The molecule has 28 heavy (non-hydrogen) atoms. The van der Waals surface area contributed by atoms with E-state index in [1.165, 1.54) is 10.9 Å². The molecule has 2 heterocycles. The summed E-state index contributed by atoms with van der Waals surface area (Å²) in [5.41, 5.74) is 2.19. The zero-order chi connectivity index (χ0) is 19.9. The fraction of sp³-hybridized carbons (Fsp3) is 0.250. The lowest BCUT2D eigenvalue weighted by molar-refractivity contribution is 0.499.